The molecule has 0 heterocycles. The molecular formula is C10H10O6. The molecule has 6 heteroatoms. The first-order valence-electron chi connectivity index (χ1n) is 4.35. The number of benzene rings is 1. The summed E-state index contributed by atoms with van der Waals surface area (Å²) in [5.41, 5.74) is -0.269. The van der Waals surface area contributed by atoms with Gasteiger partial charge in [-0.15, -0.1) is 0 Å². The van der Waals surface area contributed by atoms with Crippen molar-refractivity contribution in [3.8, 4) is 0 Å². The third kappa shape index (κ3) is 2.36. The van der Waals surface area contributed by atoms with Crippen LogP contribution >= 0.6 is 0 Å². The first-order chi connectivity index (χ1) is 7.45. The quantitative estimate of drug-likeness (QED) is 0.571. The number of aliphatic hydroxyl groups is 2. The van der Waals surface area contributed by atoms with Crippen LogP contribution in [0.25, 0.3) is 0 Å². The van der Waals surface area contributed by atoms with E-state index in [4.69, 9.17) is 10.2 Å². The van der Waals surface area contributed by atoms with Crippen LogP contribution in [0.1, 0.15) is 23.3 Å². The molecule has 0 aliphatic rings. The van der Waals surface area contributed by atoms with Crippen molar-refractivity contribution in [2.24, 2.45) is 0 Å². The average Bonchev–Trinajstić information content (AvgIpc) is 2.26. The molecule has 0 amide bonds. The third-order valence-corrected chi connectivity index (χ3v) is 2.05. The van der Waals surface area contributed by atoms with Gasteiger partial charge in [-0.2, -0.15) is 0 Å². The Morgan fingerprint density at radius 3 is 1.44 bits per heavy atom. The van der Waals surface area contributed by atoms with E-state index < -0.39 is 24.1 Å². The van der Waals surface area contributed by atoms with Crippen LogP contribution in [0.2, 0.25) is 0 Å². The first kappa shape index (κ1) is 12.2. The molecule has 1 rings (SSSR count). The zero-order valence-corrected chi connectivity index (χ0v) is 8.07. The Bertz CT molecular complexity index is 375. The average molecular weight is 226 g/mol. The minimum atomic E-state index is -1.86. The maximum Gasteiger partial charge on any atom is 0.337 e. The highest BCUT2D eigenvalue weighted by molar-refractivity contribution is 5.78. The lowest BCUT2D eigenvalue weighted by atomic mass is 9.98. The van der Waals surface area contributed by atoms with E-state index in [1.54, 1.807) is 0 Å². The molecule has 0 saturated heterocycles. The maximum atomic E-state index is 10.6. The van der Waals surface area contributed by atoms with Crippen LogP contribution in [0, 0.1) is 0 Å². The van der Waals surface area contributed by atoms with Gasteiger partial charge in [0.25, 0.3) is 0 Å². The molecule has 2 atom stereocenters. The number of carboxylic acids is 2. The first-order valence-corrected chi connectivity index (χ1v) is 4.35. The van der Waals surface area contributed by atoms with Crippen molar-refractivity contribution >= 4 is 11.9 Å². The van der Waals surface area contributed by atoms with Gasteiger partial charge in [0.1, 0.15) is 0 Å². The number of aliphatic hydroxyl groups excluding tert-OH is 2. The molecule has 0 aliphatic carbocycles. The zero-order chi connectivity index (χ0) is 12.3. The molecule has 0 aliphatic heterocycles. The fraction of sp³-hybridized carbons (Fsp3) is 0.200. The van der Waals surface area contributed by atoms with Crippen LogP contribution in [-0.2, 0) is 9.59 Å². The highest BCUT2D eigenvalue weighted by Crippen LogP contribution is 2.24. The largest absolute Gasteiger partial charge is 0.479 e. The molecule has 0 saturated carbocycles. The van der Waals surface area contributed by atoms with Crippen LogP contribution in [-0.4, -0.2) is 32.4 Å². The summed E-state index contributed by atoms with van der Waals surface area (Å²) in [7, 11) is 0. The summed E-state index contributed by atoms with van der Waals surface area (Å²) >= 11 is 0. The van der Waals surface area contributed by atoms with Gasteiger partial charge in [0, 0.05) is 0 Å². The van der Waals surface area contributed by atoms with Crippen molar-refractivity contribution in [3.63, 3.8) is 0 Å². The summed E-state index contributed by atoms with van der Waals surface area (Å²) in [4.78, 5) is 21.1. The molecule has 1 aromatic rings. The third-order valence-electron chi connectivity index (χ3n) is 2.05. The van der Waals surface area contributed by atoms with E-state index in [0.29, 0.717) is 0 Å². The van der Waals surface area contributed by atoms with E-state index in [1.807, 2.05) is 0 Å². The highest BCUT2D eigenvalue weighted by atomic mass is 16.4. The lowest BCUT2D eigenvalue weighted by Crippen LogP contribution is -2.18. The van der Waals surface area contributed by atoms with Crippen molar-refractivity contribution in [1.29, 1.82) is 0 Å². The fourth-order valence-corrected chi connectivity index (χ4v) is 1.27. The van der Waals surface area contributed by atoms with Crippen molar-refractivity contribution in [2.75, 3.05) is 0 Å². The van der Waals surface area contributed by atoms with E-state index >= 15 is 0 Å². The zero-order valence-electron chi connectivity index (χ0n) is 8.07. The Kier molecular flexibility index (Phi) is 3.60. The van der Waals surface area contributed by atoms with Crippen molar-refractivity contribution in [1.82, 2.24) is 0 Å². The molecule has 4 N–H and O–H groups in total. The summed E-state index contributed by atoms with van der Waals surface area (Å²) in [5.74, 6) is -3.02. The number of carbonyl (C=O) groups is 2. The van der Waals surface area contributed by atoms with Crippen LogP contribution in [0.4, 0.5) is 0 Å². The van der Waals surface area contributed by atoms with E-state index in [2.05, 4.69) is 0 Å². The minimum absolute atomic E-state index is 0.134. The van der Waals surface area contributed by atoms with Gasteiger partial charge in [0.05, 0.1) is 0 Å². The summed E-state index contributed by atoms with van der Waals surface area (Å²) in [6.45, 7) is 0. The monoisotopic (exact) mass is 226 g/mol. The molecule has 2 unspecified atom stereocenters. The number of rotatable bonds is 4. The van der Waals surface area contributed by atoms with Gasteiger partial charge in [-0.05, 0) is 11.1 Å². The molecule has 16 heavy (non-hydrogen) atoms. The van der Waals surface area contributed by atoms with Crippen LogP contribution in [0.15, 0.2) is 24.3 Å². The molecule has 0 spiro atoms. The molecule has 0 bridgehead atoms. The van der Waals surface area contributed by atoms with Gasteiger partial charge >= 0.3 is 11.9 Å². The van der Waals surface area contributed by atoms with Crippen LogP contribution in [0.3, 0.4) is 0 Å². The number of hydrogen-bond donors (Lipinski definition) is 4. The molecule has 1 aromatic carbocycles. The molecule has 0 fully saturated rings. The normalized spacial score (nSPS) is 14.1. The molecule has 86 valence electrons. The predicted octanol–water partition coefficient (Wildman–Crippen LogP) is -0.0774. The van der Waals surface area contributed by atoms with Gasteiger partial charge in [0.2, 0.25) is 0 Å². The Balaban J connectivity index is 3.19. The van der Waals surface area contributed by atoms with E-state index in [-0.39, 0.29) is 11.1 Å². The summed E-state index contributed by atoms with van der Waals surface area (Å²) in [6, 6.07) is 5.39. The second-order valence-corrected chi connectivity index (χ2v) is 3.11. The standard InChI is InChI=1S/C10H10O6/c11-7(9(13)14)5-3-1-2-4-6(5)8(12)10(15)16/h1-4,7-8,11-12H,(H,13,14)(H,15,16). The molecular weight excluding hydrogens is 216 g/mol. The lowest BCUT2D eigenvalue weighted by Gasteiger charge is -2.14. The topological polar surface area (TPSA) is 115 Å². The Morgan fingerprint density at radius 1 is 0.875 bits per heavy atom. The van der Waals surface area contributed by atoms with Gasteiger partial charge in [-0.3, -0.25) is 0 Å². The number of aliphatic carboxylic acids is 2. The fourth-order valence-electron chi connectivity index (χ4n) is 1.27. The smallest absolute Gasteiger partial charge is 0.337 e. The van der Waals surface area contributed by atoms with Crippen molar-refractivity contribution in [2.45, 2.75) is 12.2 Å². The van der Waals surface area contributed by atoms with Crippen LogP contribution in [0.5, 0.6) is 0 Å². The molecule has 0 radical (unpaired) electrons. The van der Waals surface area contributed by atoms with E-state index in [0.717, 1.165) is 0 Å². The highest BCUT2D eigenvalue weighted by Gasteiger charge is 2.25. The maximum absolute atomic E-state index is 10.6. The minimum Gasteiger partial charge on any atom is -0.479 e. The number of carboxylic acid groups (broad SMARTS) is 2. The molecule has 0 aromatic heterocycles. The lowest BCUT2D eigenvalue weighted by molar-refractivity contribution is -0.149. The van der Waals surface area contributed by atoms with Gasteiger partial charge in [-0.1, -0.05) is 24.3 Å². The summed E-state index contributed by atoms with van der Waals surface area (Å²) in [5, 5.41) is 35.8. The second-order valence-electron chi connectivity index (χ2n) is 3.11. The van der Waals surface area contributed by atoms with Crippen molar-refractivity contribution < 1.29 is 30.0 Å². The van der Waals surface area contributed by atoms with E-state index in [1.165, 1.54) is 24.3 Å². The SMILES string of the molecule is O=C(O)C(O)c1ccccc1C(O)C(=O)O. The van der Waals surface area contributed by atoms with Gasteiger partial charge in [-0.25, -0.2) is 9.59 Å². The van der Waals surface area contributed by atoms with Gasteiger partial charge < -0.3 is 20.4 Å². The van der Waals surface area contributed by atoms with Crippen LogP contribution < -0.4 is 0 Å². The summed E-state index contributed by atoms with van der Waals surface area (Å²) in [6.07, 6.45) is -3.71. The molecule has 6 nitrogen and oxygen atoms in total. The van der Waals surface area contributed by atoms with Gasteiger partial charge in [0.15, 0.2) is 12.2 Å². The van der Waals surface area contributed by atoms with E-state index in [9.17, 15) is 19.8 Å². The summed E-state index contributed by atoms with van der Waals surface area (Å²) < 4.78 is 0. The Labute approximate surface area is 90.4 Å². The second kappa shape index (κ2) is 4.73. The Morgan fingerprint density at radius 2 is 1.19 bits per heavy atom. The van der Waals surface area contributed by atoms with Crippen molar-refractivity contribution in [3.05, 3.63) is 35.4 Å². The predicted molar refractivity (Wildman–Crippen MR) is 51.6 cm³/mol. The number of hydrogen-bond acceptors (Lipinski definition) is 4. The Hall–Kier alpha value is -1.92.